The molecule has 0 N–H and O–H groups in total. The summed E-state index contributed by atoms with van der Waals surface area (Å²) in [5, 5.41) is -0.0658. The molecule has 33 heavy (non-hydrogen) atoms. The Morgan fingerprint density at radius 3 is 2.52 bits per heavy atom. The number of aryl methyl sites for hydroxylation is 1. The van der Waals surface area contributed by atoms with Crippen LogP contribution in [0.1, 0.15) is 16.7 Å². The van der Waals surface area contributed by atoms with E-state index in [1.165, 1.54) is 5.56 Å². The van der Waals surface area contributed by atoms with Gasteiger partial charge >= 0.3 is 0 Å². The first-order chi connectivity index (χ1) is 15.9. The van der Waals surface area contributed by atoms with Crippen LogP contribution in [-0.2, 0) is 11.4 Å². The fraction of sp³-hybridized carbons (Fsp3) is 0.120. The van der Waals surface area contributed by atoms with E-state index < -0.39 is 11.1 Å². The molecule has 3 aromatic rings. The van der Waals surface area contributed by atoms with Gasteiger partial charge in [0.1, 0.15) is 6.61 Å². The Balaban J connectivity index is 1.59. The van der Waals surface area contributed by atoms with Gasteiger partial charge < -0.3 is 9.47 Å². The number of carbonyl (C=O) groups excluding carboxylic acids is 2. The van der Waals surface area contributed by atoms with Gasteiger partial charge in [0.05, 0.1) is 27.2 Å². The average Bonchev–Trinajstić information content (AvgIpc) is 3.07. The van der Waals surface area contributed by atoms with E-state index in [1.807, 2.05) is 37.3 Å². The number of halogens is 2. The van der Waals surface area contributed by atoms with Crippen molar-refractivity contribution in [2.45, 2.75) is 13.5 Å². The number of amides is 2. The third kappa shape index (κ3) is 5.11. The summed E-state index contributed by atoms with van der Waals surface area (Å²) in [7, 11) is 1.55. The highest BCUT2D eigenvalue weighted by Gasteiger charge is 2.37. The summed E-state index contributed by atoms with van der Waals surface area (Å²) in [4.78, 5) is 26.9. The number of hydrogen-bond donors (Lipinski definition) is 0. The standard InChI is InChI=1S/C25H19BrClNO4S/c1-15-7-9-16(10-8-15)14-32-23-18(26)11-17(12-21(23)31-2)13-22-24(29)28(25(30)33-22)20-6-4-3-5-19(20)27/h3-13H,14H2,1-2H3/b22-13-. The quantitative estimate of drug-likeness (QED) is 0.306. The Morgan fingerprint density at radius 1 is 1.09 bits per heavy atom. The molecule has 0 atom stereocenters. The predicted octanol–water partition coefficient (Wildman–Crippen LogP) is 7.24. The van der Waals surface area contributed by atoms with Crippen molar-refractivity contribution in [2.24, 2.45) is 0 Å². The van der Waals surface area contributed by atoms with Gasteiger partial charge in [-0.15, -0.1) is 0 Å². The molecule has 1 saturated heterocycles. The van der Waals surface area contributed by atoms with Crippen LogP contribution in [0.3, 0.4) is 0 Å². The van der Waals surface area contributed by atoms with Gasteiger partial charge in [-0.2, -0.15) is 0 Å². The second kappa shape index (κ2) is 10.0. The van der Waals surface area contributed by atoms with Gasteiger partial charge in [-0.1, -0.05) is 53.6 Å². The first-order valence-electron chi connectivity index (χ1n) is 9.95. The molecule has 168 valence electrons. The molecule has 1 aliphatic rings. The van der Waals surface area contributed by atoms with E-state index >= 15 is 0 Å². The van der Waals surface area contributed by atoms with Crippen molar-refractivity contribution in [3.63, 3.8) is 0 Å². The maximum atomic E-state index is 13.0. The van der Waals surface area contributed by atoms with E-state index in [2.05, 4.69) is 15.9 Å². The fourth-order valence-electron chi connectivity index (χ4n) is 3.26. The summed E-state index contributed by atoms with van der Waals surface area (Å²) >= 11 is 10.6. The molecule has 0 spiro atoms. The third-order valence-electron chi connectivity index (χ3n) is 4.94. The van der Waals surface area contributed by atoms with Crippen LogP contribution in [0, 0.1) is 6.92 Å². The maximum Gasteiger partial charge on any atom is 0.298 e. The molecule has 0 bridgehead atoms. The summed E-state index contributed by atoms with van der Waals surface area (Å²) in [6.45, 7) is 2.41. The van der Waals surface area contributed by atoms with Crippen LogP contribution in [-0.4, -0.2) is 18.3 Å². The van der Waals surface area contributed by atoms with Gasteiger partial charge in [0, 0.05) is 0 Å². The normalized spacial score (nSPS) is 14.8. The number of hydrogen-bond acceptors (Lipinski definition) is 5. The lowest BCUT2D eigenvalue weighted by atomic mass is 10.1. The van der Waals surface area contributed by atoms with Gasteiger partial charge in [0.25, 0.3) is 11.1 Å². The minimum Gasteiger partial charge on any atom is -0.493 e. The van der Waals surface area contributed by atoms with E-state index in [1.54, 1.807) is 43.5 Å². The summed E-state index contributed by atoms with van der Waals surface area (Å²) in [6.07, 6.45) is 1.65. The number of ether oxygens (including phenoxy) is 2. The van der Waals surface area contributed by atoms with Crippen molar-refractivity contribution >= 4 is 62.2 Å². The lowest BCUT2D eigenvalue weighted by molar-refractivity contribution is -0.113. The first kappa shape index (κ1) is 23.4. The molecule has 2 amide bonds. The molecule has 1 aliphatic heterocycles. The van der Waals surface area contributed by atoms with Crippen LogP contribution >= 0.6 is 39.3 Å². The molecule has 3 aromatic carbocycles. The van der Waals surface area contributed by atoms with Gasteiger partial charge in [0.2, 0.25) is 0 Å². The second-order valence-corrected chi connectivity index (χ2v) is 9.53. The van der Waals surface area contributed by atoms with Crippen molar-refractivity contribution in [3.8, 4) is 11.5 Å². The lowest BCUT2D eigenvalue weighted by Gasteiger charge is -2.14. The number of thioether (sulfide) groups is 1. The highest BCUT2D eigenvalue weighted by molar-refractivity contribution is 9.10. The monoisotopic (exact) mass is 543 g/mol. The molecular formula is C25H19BrClNO4S. The first-order valence-corrected chi connectivity index (χ1v) is 11.9. The van der Waals surface area contributed by atoms with Crippen LogP contribution in [0.4, 0.5) is 10.5 Å². The largest absolute Gasteiger partial charge is 0.493 e. The van der Waals surface area contributed by atoms with Crippen molar-refractivity contribution in [2.75, 3.05) is 12.0 Å². The maximum absolute atomic E-state index is 13.0. The fourth-order valence-corrected chi connectivity index (χ4v) is 4.89. The number of para-hydroxylation sites is 1. The van der Waals surface area contributed by atoms with Crippen molar-refractivity contribution in [3.05, 3.63) is 91.8 Å². The number of imide groups is 1. The van der Waals surface area contributed by atoms with E-state index in [0.29, 0.717) is 43.8 Å². The lowest BCUT2D eigenvalue weighted by Crippen LogP contribution is -2.27. The smallest absolute Gasteiger partial charge is 0.298 e. The summed E-state index contributed by atoms with van der Waals surface area (Å²) in [6, 6.07) is 18.4. The van der Waals surface area contributed by atoms with Gasteiger partial charge in [-0.05, 0) is 76.1 Å². The molecule has 5 nitrogen and oxygen atoms in total. The molecule has 0 saturated carbocycles. The topological polar surface area (TPSA) is 55.8 Å². The minimum absolute atomic E-state index is 0.294. The zero-order chi connectivity index (χ0) is 23.5. The highest BCUT2D eigenvalue weighted by atomic mass is 79.9. The third-order valence-corrected chi connectivity index (χ3v) is 6.72. The molecule has 1 fully saturated rings. The SMILES string of the molecule is COc1cc(/C=C2\SC(=O)N(c3ccccc3Cl)C2=O)cc(Br)c1OCc1ccc(C)cc1. The molecule has 0 unspecified atom stereocenters. The van der Waals surface area contributed by atoms with E-state index in [0.717, 1.165) is 22.2 Å². The average molecular weight is 545 g/mol. The Morgan fingerprint density at radius 2 is 1.82 bits per heavy atom. The predicted molar refractivity (Wildman–Crippen MR) is 136 cm³/mol. The van der Waals surface area contributed by atoms with Crippen LogP contribution in [0.2, 0.25) is 5.02 Å². The number of carbonyl (C=O) groups is 2. The van der Waals surface area contributed by atoms with Gasteiger partial charge in [0.15, 0.2) is 11.5 Å². The minimum atomic E-state index is -0.423. The number of nitrogens with zero attached hydrogens (tertiary/aromatic N) is 1. The van der Waals surface area contributed by atoms with E-state index in [-0.39, 0.29) is 0 Å². The highest BCUT2D eigenvalue weighted by Crippen LogP contribution is 2.41. The van der Waals surface area contributed by atoms with Crippen molar-refractivity contribution < 1.29 is 19.1 Å². The zero-order valence-electron chi connectivity index (χ0n) is 17.8. The number of rotatable bonds is 6. The summed E-state index contributed by atoms with van der Waals surface area (Å²) in [5.41, 5.74) is 3.27. The number of anilines is 1. The van der Waals surface area contributed by atoms with Crippen molar-refractivity contribution in [1.29, 1.82) is 0 Å². The zero-order valence-corrected chi connectivity index (χ0v) is 21.0. The van der Waals surface area contributed by atoms with Crippen molar-refractivity contribution in [1.82, 2.24) is 0 Å². The Hall–Kier alpha value is -2.74. The Bertz CT molecular complexity index is 1260. The van der Waals surface area contributed by atoms with Crippen LogP contribution in [0.15, 0.2) is 70.0 Å². The molecule has 0 aliphatic carbocycles. The van der Waals surface area contributed by atoms with Crippen LogP contribution in [0.25, 0.3) is 6.08 Å². The molecule has 1 heterocycles. The number of benzene rings is 3. The van der Waals surface area contributed by atoms with Crippen LogP contribution in [0.5, 0.6) is 11.5 Å². The second-order valence-electron chi connectivity index (χ2n) is 7.28. The Labute approximate surface area is 209 Å². The molecule has 0 aromatic heterocycles. The summed E-state index contributed by atoms with van der Waals surface area (Å²) < 4.78 is 12.2. The molecule has 0 radical (unpaired) electrons. The number of methoxy groups -OCH3 is 1. The van der Waals surface area contributed by atoms with Gasteiger partial charge in [-0.3, -0.25) is 9.59 Å². The molecule has 8 heteroatoms. The molecular weight excluding hydrogens is 526 g/mol. The van der Waals surface area contributed by atoms with Crippen LogP contribution < -0.4 is 14.4 Å². The van der Waals surface area contributed by atoms with E-state index in [9.17, 15) is 9.59 Å². The van der Waals surface area contributed by atoms with E-state index in [4.69, 9.17) is 21.1 Å². The van der Waals surface area contributed by atoms with Gasteiger partial charge in [-0.25, -0.2) is 4.90 Å². The Kier molecular flexibility index (Phi) is 7.12. The molecule has 4 rings (SSSR count). The summed E-state index contributed by atoms with van der Waals surface area (Å²) in [5.74, 6) is 0.639.